The minimum atomic E-state index is -0.829. The van der Waals surface area contributed by atoms with Gasteiger partial charge in [0.25, 0.3) is 5.09 Å². The van der Waals surface area contributed by atoms with Crippen molar-refractivity contribution >= 4 is 0 Å². The molecule has 1 N–H and O–H groups in total. The van der Waals surface area contributed by atoms with Crippen molar-refractivity contribution in [2.45, 2.75) is 44.7 Å². The van der Waals surface area contributed by atoms with Gasteiger partial charge >= 0.3 is 0 Å². The normalized spacial score (nSPS) is 31.7. The minimum Gasteiger partial charge on any atom is -0.313 e. The van der Waals surface area contributed by atoms with E-state index in [1.54, 1.807) is 6.92 Å². The second-order valence-electron chi connectivity index (χ2n) is 4.62. The Bertz CT molecular complexity index is 243. The number of hydrogen-bond acceptors (Lipinski definition) is 5. The molecule has 1 fully saturated rings. The van der Waals surface area contributed by atoms with Gasteiger partial charge in [0.1, 0.15) is 6.61 Å². The zero-order chi connectivity index (χ0) is 11.0. The second kappa shape index (κ2) is 3.36. The van der Waals surface area contributed by atoms with Crippen LogP contribution in [-0.4, -0.2) is 33.0 Å². The smallest absolute Gasteiger partial charge is 0.294 e. The Labute approximate surface area is 82.5 Å². The van der Waals surface area contributed by atoms with Crippen LogP contribution in [0.3, 0.4) is 0 Å². The van der Waals surface area contributed by atoms with Gasteiger partial charge in [-0.15, -0.1) is 10.1 Å². The van der Waals surface area contributed by atoms with E-state index in [4.69, 9.17) is 0 Å². The summed E-state index contributed by atoms with van der Waals surface area (Å²) in [4.78, 5) is 14.4. The predicted octanol–water partition coefficient (Wildman–Crippen LogP) is 1.22. The van der Waals surface area contributed by atoms with E-state index in [9.17, 15) is 15.3 Å². The molecular formula is C8H16N2O4. The lowest BCUT2D eigenvalue weighted by molar-refractivity contribution is -0.760. The highest BCUT2D eigenvalue weighted by Crippen LogP contribution is 2.39. The Morgan fingerprint density at radius 2 is 2.07 bits per heavy atom. The molecule has 6 heteroatoms. The van der Waals surface area contributed by atoms with E-state index in [0.717, 1.165) is 6.42 Å². The third-order valence-corrected chi connectivity index (χ3v) is 2.84. The summed E-state index contributed by atoms with van der Waals surface area (Å²) in [6.07, 6.45) is 1.48. The standard InChI is InChI=1S/C8H16N2O4/c1-7(2)4-5-8(3,9(7)11)6-14-10(12)13/h11H,4-6H2,1-3H3. The van der Waals surface area contributed by atoms with Gasteiger partial charge in [0.2, 0.25) is 0 Å². The van der Waals surface area contributed by atoms with Crippen molar-refractivity contribution < 1.29 is 15.1 Å². The predicted molar refractivity (Wildman–Crippen MR) is 48.3 cm³/mol. The van der Waals surface area contributed by atoms with Crippen LogP contribution in [0.5, 0.6) is 0 Å². The van der Waals surface area contributed by atoms with E-state index < -0.39 is 10.6 Å². The molecule has 1 unspecified atom stereocenters. The van der Waals surface area contributed by atoms with Crippen molar-refractivity contribution in [1.29, 1.82) is 0 Å². The molecule has 0 radical (unpaired) electrons. The Hall–Kier alpha value is -0.880. The molecule has 0 amide bonds. The Morgan fingerprint density at radius 1 is 1.50 bits per heavy atom. The lowest BCUT2D eigenvalue weighted by atomic mass is 10.0. The van der Waals surface area contributed by atoms with E-state index in [1.807, 2.05) is 13.8 Å². The largest absolute Gasteiger partial charge is 0.313 e. The zero-order valence-corrected chi connectivity index (χ0v) is 8.69. The van der Waals surface area contributed by atoms with Gasteiger partial charge in [0, 0.05) is 5.54 Å². The molecule has 1 aliphatic heterocycles. The SMILES string of the molecule is CC1(C)CCC(C)(CO[N+](=O)[O-])N1O. The van der Waals surface area contributed by atoms with Crippen LogP contribution in [-0.2, 0) is 4.84 Å². The van der Waals surface area contributed by atoms with Crippen LogP contribution in [0.15, 0.2) is 0 Å². The van der Waals surface area contributed by atoms with E-state index >= 15 is 0 Å². The minimum absolute atomic E-state index is 0.0973. The molecule has 1 saturated heterocycles. The van der Waals surface area contributed by atoms with Gasteiger partial charge in [0.05, 0.1) is 5.54 Å². The molecule has 1 atom stereocenters. The molecule has 0 saturated carbocycles. The molecule has 0 spiro atoms. The molecule has 0 aliphatic carbocycles. The molecular weight excluding hydrogens is 188 g/mol. The van der Waals surface area contributed by atoms with Crippen molar-refractivity contribution in [2.24, 2.45) is 0 Å². The fraction of sp³-hybridized carbons (Fsp3) is 1.00. The van der Waals surface area contributed by atoms with E-state index in [-0.39, 0.29) is 12.1 Å². The highest BCUT2D eigenvalue weighted by Gasteiger charge is 2.47. The fourth-order valence-electron chi connectivity index (χ4n) is 1.84. The van der Waals surface area contributed by atoms with Crippen molar-refractivity contribution in [3.63, 3.8) is 0 Å². The average Bonchev–Trinajstić information content (AvgIpc) is 2.28. The second-order valence-corrected chi connectivity index (χ2v) is 4.62. The van der Waals surface area contributed by atoms with Crippen molar-refractivity contribution in [1.82, 2.24) is 5.06 Å². The summed E-state index contributed by atoms with van der Waals surface area (Å²) < 4.78 is 0. The molecule has 0 aromatic carbocycles. The maximum Gasteiger partial charge on any atom is 0.294 e. The van der Waals surface area contributed by atoms with Crippen molar-refractivity contribution in [3.05, 3.63) is 10.1 Å². The number of rotatable bonds is 3. The summed E-state index contributed by atoms with van der Waals surface area (Å²) in [7, 11) is 0. The third kappa shape index (κ3) is 1.96. The molecule has 0 aromatic rings. The molecule has 1 heterocycles. The quantitative estimate of drug-likeness (QED) is 0.552. The topological polar surface area (TPSA) is 75.8 Å². The lowest BCUT2D eigenvalue weighted by Crippen LogP contribution is -2.50. The van der Waals surface area contributed by atoms with Crippen LogP contribution >= 0.6 is 0 Å². The molecule has 1 aliphatic rings. The van der Waals surface area contributed by atoms with Gasteiger partial charge in [-0.3, -0.25) is 0 Å². The van der Waals surface area contributed by atoms with E-state index in [2.05, 4.69) is 4.84 Å². The van der Waals surface area contributed by atoms with Gasteiger partial charge in [-0.1, -0.05) is 0 Å². The van der Waals surface area contributed by atoms with E-state index in [1.165, 1.54) is 5.06 Å². The molecule has 14 heavy (non-hydrogen) atoms. The molecule has 82 valence electrons. The number of hydrogen-bond donors (Lipinski definition) is 1. The summed E-state index contributed by atoms with van der Waals surface area (Å²) in [6, 6.07) is 0. The summed E-state index contributed by atoms with van der Waals surface area (Å²) in [5.74, 6) is 0. The number of hydroxylamine groups is 2. The third-order valence-electron chi connectivity index (χ3n) is 2.84. The Morgan fingerprint density at radius 3 is 2.43 bits per heavy atom. The van der Waals surface area contributed by atoms with Crippen LogP contribution in [0.4, 0.5) is 0 Å². The highest BCUT2D eigenvalue weighted by atomic mass is 17.0. The van der Waals surface area contributed by atoms with Gasteiger partial charge in [-0.25, -0.2) is 0 Å². The first-order chi connectivity index (χ1) is 6.28. The van der Waals surface area contributed by atoms with Gasteiger partial charge in [-0.05, 0) is 33.6 Å². The molecule has 1 rings (SSSR count). The first-order valence-corrected chi connectivity index (χ1v) is 4.54. The summed E-state index contributed by atoms with van der Waals surface area (Å²) >= 11 is 0. The summed E-state index contributed by atoms with van der Waals surface area (Å²) in [5.41, 5.74) is -0.995. The highest BCUT2D eigenvalue weighted by molar-refractivity contribution is 4.98. The zero-order valence-electron chi connectivity index (χ0n) is 8.69. The van der Waals surface area contributed by atoms with Gasteiger partial charge in [-0.2, -0.15) is 5.06 Å². The fourth-order valence-corrected chi connectivity index (χ4v) is 1.84. The first kappa shape index (κ1) is 11.2. The van der Waals surface area contributed by atoms with Crippen LogP contribution in [0, 0.1) is 10.1 Å². The summed E-state index contributed by atoms with van der Waals surface area (Å²) in [5, 5.41) is 20.2. The summed E-state index contributed by atoms with van der Waals surface area (Å²) in [6.45, 7) is 5.44. The van der Waals surface area contributed by atoms with Crippen LogP contribution in [0.25, 0.3) is 0 Å². The Kier molecular flexibility index (Phi) is 2.69. The maximum absolute atomic E-state index is 10.0. The molecule has 0 aromatic heterocycles. The maximum atomic E-state index is 10.0. The Balaban J connectivity index is 2.63. The van der Waals surface area contributed by atoms with E-state index in [0.29, 0.717) is 6.42 Å². The molecule has 6 nitrogen and oxygen atoms in total. The van der Waals surface area contributed by atoms with Gasteiger partial charge < -0.3 is 10.0 Å². The van der Waals surface area contributed by atoms with Crippen LogP contribution in [0.1, 0.15) is 33.6 Å². The number of nitrogens with zero attached hydrogens (tertiary/aromatic N) is 2. The van der Waals surface area contributed by atoms with Gasteiger partial charge in [0.15, 0.2) is 0 Å². The monoisotopic (exact) mass is 204 g/mol. The first-order valence-electron chi connectivity index (χ1n) is 4.54. The lowest BCUT2D eigenvalue weighted by Gasteiger charge is -2.36. The van der Waals surface area contributed by atoms with Crippen molar-refractivity contribution in [2.75, 3.05) is 6.61 Å². The van der Waals surface area contributed by atoms with Crippen LogP contribution in [0.2, 0.25) is 0 Å². The van der Waals surface area contributed by atoms with Crippen LogP contribution < -0.4 is 0 Å². The average molecular weight is 204 g/mol. The molecule has 0 bridgehead atoms. The van der Waals surface area contributed by atoms with Crippen molar-refractivity contribution in [3.8, 4) is 0 Å².